The number of aromatic nitrogens is 4. The summed E-state index contributed by atoms with van der Waals surface area (Å²) >= 11 is 0. The molecule has 98 valence electrons. The number of nitrogens with zero attached hydrogens (tertiary/aromatic N) is 4. The lowest BCUT2D eigenvalue weighted by Crippen LogP contribution is -2.24. The molecule has 0 aliphatic rings. The quantitative estimate of drug-likeness (QED) is 0.837. The van der Waals surface area contributed by atoms with Crippen LogP contribution >= 0.6 is 0 Å². The number of hydrogen-bond donors (Lipinski definition) is 1. The van der Waals surface area contributed by atoms with Crippen molar-refractivity contribution in [3.05, 3.63) is 30.0 Å². The fourth-order valence-corrected chi connectivity index (χ4v) is 1.59. The van der Waals surface area contributed by atoms with Crippen molar-refractivity contribution in [3.63, 3.8) is 0 Å². The number of rotatable bonds is 6. The minimum Gasteiger partial charge on any atom is -0.423 e. The predicted octanol–water partition coefficient (Wildman–Crippen LogP) is 1.37. The van der Waals surface area contributed by atoms with Crippen LogP contribution in [0.3, 0.4) is 0 Å². The fraction of sp³-hybridized carbons (Fsp3) is 0.583. The number of imidazole rings is 1. The van der Waals surface area contributed by atoms with E-state index in [0.29, 0.717) is 24.4 Å². The molecule has 0 saturated heterocycles. The summed E-state index contributed by atoms with van der Waals surface area (Å²) in [5.41, 5.74) is 0. The van der Waals surface area contributed by atoms with Crippen LogP contribution < -0.4 is 5.32 Å². The van der Waals surface area contributed by atoms with Crippen LogP contribution in [0.2, 0.25) is 0 Å². The van der Waals surface area contributed by atoms with Gasteiger partial charge in [-0.1, -0.05) is 20.8 Å². The van der Waals surface area contributed by atoms with Crippen LogP contribution in [-0.2, 0) is 19.5 Å². The molecule has 6 heteroatoms. The molecule has 0 saturated carbocycles. The lowest BCUT2D eigenvalue weighted by atomic mass is 10.4. The fourth-order valence-electron chi connectivity index (χ4n) is 1.59. The monoisotopic (exact) mass is 249 g/mol. The summed E-state index contributed by atoms with van der Waals surface area (Å²) in [6.45, 7) is 7.52. The van der Waals surface area contributed by atoms with Crippen LogP contribution in [0, 0.1) is 0 Å². The number of aryl methyl sites for hydroxylation is 1. The Kier molecular flexibility index (Phi) is 4.09. The van der Waals surface area contributed by atoms with E-state index in [0.717, 1.165) is 18.8 Å². The molecular formula is C12H19N5O. The lowest BCUT2D eigenvalue weighted by Gasteiger charge is -2.09. The molecule has 2 heterocycles. The van der Waals surface area contributed by atoms with Gasteiger partial charge in [0.1, 0.15) is 12.4 Å². The topological polar surface area (TPSA) is 68.8 Å². The van der Waals surface area contributed by atoms with E-state index < -0.39 is 0 Å². The first-order chi connectivity index (χ1) is 8.69. The van der Waals surface area contributed by atoms with Crippen LogP contribution in [0.1, 0.15) is 38.4 Å². The molecule has 0 aliphatic heterocycles. The molecule has 0 amide bonds. The molecule has 1 N–H and O–H groups in total. The summed E-state index contributed by atoms with van der Waals surface area (Å²) in [5.74, 6) is 2.27. The van der Waals surface area contributed by atoms with E-state index in [1.165, 1.54) is 0 Å². The maximum absolute atomic E-state index is 5.50. The molecule has 0 radical (unpaired) electrons. The van der Waals surface area contributed by atoms with Crippen molar-refractivity contribution in [1.29, 1.82) is 0 Å². The first kappa shape index (κ1) is 12.8. The highest BCUT2D eigenvalue weighted by Gasteiger charge is 2.08. The van der Waals surface area contributed by atoms with Gasteiger partial charge in [0, 0.05) is 24.9 Å². The molecule has 18 heavy (non-hydrogen) atoms. The zero-order chi connectivity index (χ0) is 13.0. The first-order valence-electron chi connectivity index (χ1n) is 6.23. The zero-order valence-corrected chi connectivity index (χ0v) is 11.1. The van der Waals surface area contributed by atoms with Crippen LogP contribution in [0.15, 0.2) is 16.8 Å². The summed E-state index contributed by atoms with van der Waals surface area (Å²) in [4.78, 5) is 4.32. The van der Waals surface area contributed by atoms with Gasteiger partial charge in [-0.2, -0.15) is 0 Å². The van der Waals surface area contributed by atoms with Crippen LogP contribution in [-0.4, -0.2) is 25.8 Å². The Morgan fingerprint density at radius 1 is 1.33 bits per heavy atom. The summed E-state index contributed by atoms with van der Waals surface area (Å²) in [6, 6.07) is 0.435. The molecule has 0 unspecified atom stereocenters. The van der Waals surface area contributed by atoms with Gasteiger partial charge in [-0.05, 0) is 0 Å². The van der Waals surface area contributed by atoms with Gasteiger partial charge in [0.15, 0.2) is 0 Å². The van der Waals surface area contributed by atoms with Crippen molar-refractivity contribution < 1.29 is 4.42 Å². The molecule has 0 spiro atoms. The molecule has 2 aromatic heterocycles. The Bertz CT molecular complexity index is 488. The van der Waals surface area contributed by atoms with E-state index in [1.54, 1.807) is 6.20 Å². The Hall–Kier alpha value is -1.69. The second kappa shape index (κ2) is 5.77. The van der Waals surface area contributed by atoms with Crippen molar-refractivity contribution in [2.45, 2.75) is 46.3 Å². The van der Waals surface area contributed by atoms with Crippen molar-refractivity contribution in [3.8, 4) is 0 Å². The molecule has 0 bridgehead atoms. The van der Waals surface area contributed by atoms with Gasteiger partial charge in [0.2, 0.25) is 11.8 Å². The van der Waals surface area contributed by atoms with Crippen LogP contribution in [0.4, 0.5) is 0 Å². The molecule has 0 aliphatic carbocycles. The Balaban J connectivity index is 2.02. The van der Waals surface area contributed by atoms with Gasteiger partial charge >= 0.3 is 0 Å². The second-order valence-electron chi connectivity index (χ2n) is 4.45. The maximum atomic E-state index is 5.50. The molecule has 2 aromatic rings. The van der Waals surface area contributed by atoms with E-state index in [4.69, 9.17) is 4.42 Å². The van der Waals surface area contributed by atoms with Crippen molar-refractivity contribution in [2.24, 2.45) is 0 Å². The van der Waals surface area contributed by atoms with E-state index in [1.807, 2.05) is 17.7 Å². The molecule has 0 fully saturated rings. The van der Waals surface area contributed by atoms with E-state index in [9.17, 15) is 0 Å². The van der Waals surface area contributed by atoms with Crippen LogP contribution in [0.25, 0.3) is 0 Å². The highest BCUT2D eigenvalue weighted by atomic mass is 16.4. The lowest BCUT2D eigenvalue weighted by molar-refractivity contribution is 0.436. The van der Waals surface area contributed by atoms with Crippen molar-refractivity contribution >= 4 is 0 Å². The summed E-state index contributed by atoms with van der Waals surface area (Å²) in [5, 5.41) is 11.3. The highest BCUT2D eigenvalue weighted by Crippen LogP contribution is 2.05. The molecule has 0 aromatic carbocycles. The van der Waals surface area contributed by atoms with Gasteiger partial charge in [-0.3, -0.25) is 0 Å². The molecule has 2 rings (SSSR count). The SMILES string of the molecule is CCc1nnc(Cn2ccnc2CNC(C)C)o1. The van der Waals surface area contributed by atoms with Gasteiger partial charge in [0.05, 0.1) is 6.54 Å². The normalized spacial score (nSPS) is 11.3. The highest BCUT2D eigenvalue weighted by molar-refractivity contribution is 4.95. The minimum absolute atomic E-state index is 0.435. The van der Waals surface area contributed by atoms with Gasteiger partial charge in [-0.15, -0.1) is 10.2 Å². The van der Waals surface area contributed by atoms with E-state index in [-0.39, 0.29) is 0 Å². The standard InChI is InChI=1S/C12H19N5O/c1-4-11-15-16-12(18-11)8-17-6-5-13-10(17)7-14-9(2)3/h5-6,9,14H,4,7-8H2,1-3H3. The van der Waals surface area contributed by atoms with E-state index in [2.05, 4.69) is 34.3 Å². The average Bonchev–Trinajstić information content (AvgIpc) is 2.96. The van der Waals surface area contributed by atoms with Crippen molar-refractivity contribution in [2.75, 3.05) is 0 Å². The predicted molar refractivity (Wildman–Crippen MR) is 67.0 cm³/mol. The smallest absolute Gasteiger partial charge is 0.236 e. The summed E-state index contributed by atoms with van der Waals surface area (Å²) in [6.07, 6.45) is 4.47. The van der Waals surface area contributed by atoms with E-state index >= 15 is 0 Å². The molecular weight excluding hydrogens is 230 g/mol. The third-order valence-electron chi connectivity index (χ3n) is 2.59. The Labute approximate surface area is 106 Å². The summed E-state index contributed by atoms with van der Waals surface area (Å²) < 4.78 is 7.51. The maximum Gasteiger partial charge on any atom is 0.236 e. The second-order valence-corrected chi connectivity index (χ2v) is 4.45. The average molecular weight is 249 g/mol. The van der Waals surface area contributed by atoms with Gasteiger partial charge in [0.25, 0.3) is 0 Å². The minimum atomic E-state index is 0.435. The number of hydrogen-bond acceptors (Lipinski definition) is 5. The largest absolute Gasteiger partial charge is 0.423 e. The van der Waals surface area contributed by atoms with Gasteiger partial charge in [-0.25, -0.2) is 4.98 Å². The summed E-state index contributed by atoms with van der Waals surface area (Å²) in [7, 11) is 0. The van der Waals surface area contributed by atoms with Crippen molar-refractivity contribution in [1.82, 2.24) is 25.1 Å². The van der Waals surface area contributed by atoms with Crippen LogP contribution in [0.5, 0.6) is 0 Å². The number of nitrogens with one attached hydrogen (secondary N) is 1. The Morgan fingerprint density at radius 2 is 2.11 bits per heavy atom. The third kappa shape index (κ3) is 3.16. The third-order valence-corrected chi connectivity index (χ3v) is 2.59. The molecule has 6 nitrogen and oxygen atoms in total. The Morgan fingerprint density at radius 3 is 2.78 bits per heavy atom. The zero-order valence-electron chi connectivity index (χ0n) is 11.1. The molecule has 0 atom stereocenters. The van der Waals surface area contributed by atoms with Gasteiger partial charge < -0.3 is 14.3 Å². The first-order valence-corrected chi connectivity index (χ1v) is 6.23.